The smallest absolute Gasteiger partial charge is 0.0931 e. The van der Waals surface area contributed by atoms with Gasteiger partial charge < -0.3 is 5.32 Å². The molecule has 90 valence electrons. The van der Waals surface area contributed by atoms with Crippen LogP contribution in [0.25, 0.3) is 0 Å². The van der Waals surface area contributed by atoms with Crippen molar-refractivity contribution < 1.29 is 0 Å². The van der Waals surface area contributed by atoms with Gasteiger partial charge in [0.1, 0.15) is 0 Å². The first-order chi connectivity index (χ1) is 8.20. The van der Waals surface area contributed by atoms with Gasteiger partial charge in [0.25, 0.3) is 0 Å². The molecule has 0 bridgehead atoms. The molecular formula is C13H15ClN2S. The quantitative estimate of drug-likeness (QED) is 0.910. The first kappa shape index (κ1) is 12.6. The van der Waals surface area contributed by atoms with Crippen LogP contribution < -0.4 is 5.32 Å². The number of thiophene rings is 1. The van der Waals surface area contributed by atoms with Crippen molar-refractivity contribution >= 4 is 22.9 Å². The Morgan fingerprint density at radius 3 is 2.82 bits per heavy atom. The van der Waals surface area contributed by atoms with Gasteiger partial charge in [-0.1, -0.05) is 18.5 Å². The summed E-state index contributed by atoms with van der Waals surface area (Å²) in [6.45, 7) is 5.03. The van der Waals surface area contributed by atoms with Crippen molar-refractivity contribution in [2.24, 2.45) is 0 Å². The summed E-state index contributed by atoms with van der Waals surface area (Å²) in [5, 5.41) is 3.48. The summed E-state index contributed by atoms with van der Waals surface area (Å²) in [7, 11) is 0. The number of nitrogens with one attached hydrogen (secondary N) is 1. The lowest BCUT2D eigenvalue weighted by Crippen LogP contribution is -2.21. The van der Waals surface area contributed by atoms with Gasteiger partial charge >= 0.3 is 0 Å². The first-order valence-corrected chi connectivity index (χ1v) is 6.81. The predicted molar refractivity (Wildman–Crippen MR) is 73.8 cm³/mol. The zero-order chi connectivity index (χ0) is 12.3. The van der Waals surface area contributed by atoms with Gasteiger partial charge in [0.15, 0.2) is 0 Å². The lowest BCUT2D eigenvalue weighted by atomic mass is 10.1. The van der Waals surface area contributed by atoms with E-state index in [9.17, 15) is 0 Å². The summed E-state index contributed by atoms with van der Waals surface area (Å²) in [5.74, 6) is 0. The van der Waals surface area contributed by atoms with E-state index < -0.39 is 0 Å². The molecule has 1 unspecified atom stereocenters. The highest BCUT2D eigenvalue weighted by Gasteiger charge is 2.15. The zero-order valence-electron chi connectivity index (χ0n) is 9.90. The third-order valence-corrected chi connectivity index (χ3v) is 3.84. The molecular weight excluding hydrogens is 252 g/mol. The van der Waals surface area contributed by atoms with Crippen LogP contribution in [0.5, 0.6) is 0 Å². The summed E-state index contributed by atoms with van der Waals surface area (Å²) in [6, 6.07) is 8.39. The van der Waals surface area contributed by atoms with Crippen molar-refractivity contribution in [3.63, 3.8) is 0 Å². The largest absolute Gasteiger partial charge is 0.306 e. The molecule has 2 rings (SSSR count). The summed E-state index contributed by atoms with van der Waals surface area (Å²) in [6.07, 6.45) is 1.85. The molecule has 0 radical (unpaired) electrons. The molecule has 1 N–H and O–H groups in total. The molecule has 1 atom stereocenters. The molecule has 0 aliphatic rings. The number of nitrogens with zero attached hydrogens (tertiary/aromatic N) is 1. The molecule has 2 aromatic rings. The first-order valence-electron chi connectivity index (χ1n) is 5.62. The summed E-state index contributed by atoms with van der Waals surface area (Å²) in [4.78, 5) is 5.47. The van der Waals surface area contributed by atoms with Crippen LogP contribution in [0.2, 0.25) is 4.34 Å². The third-order valence-electron chi connectivity index (χ3n) is 2.54. The van der Waals surface area contributed by atoms with Crippen LogP contribution in [0.1, 0.15) is 29.1 Å². The molecule has 0 saturated carbocycles. The second-order valence-corrected chi connectivity index (χ2v) is 5.61. The SMILES string of the molecule is CCNC(c1ccnc(C)c1)c1ccc(Cl)s1. The van der Waals surface area contributed by atoms with Crippen molar-refractivity contribution in [2.75, 3.05) is 6.54 Å². The van der Waals surface area contributed by atoms with Crippen LogP contribution >= 0.6 is 22.9 Å². The van der Waals surface area contributed by atoms with Crippen LogP contribution in [0.4, 0.5) is 0 Å². The molecule has 0 aromatic carbocycles. The minimum Gasteiger partial charge on any atom is -0.306 e. The molecule has 0 spiro atoms. The average molecular weight is 267 g/mol. The third kappa shape index (κ3) is 3.06. The monoisotopic (exact) mass is 266 g/mol. The van der Waals surface area contributed by atoms with Gasteiger partial charge in [-0.25, -0.2) is 0 Å². The van der Waals surface area contributed by atoms with Gasteiger partial charge in [0.2, 0.25) is 0 Å². The van der Waals surface area contributed by atoms with E-state index >= 15 is 0 Å². The predicted octanol–water partition coefficient (Wildman–Crippen LogP) is 3.80. The lowest BCUT2D eigenvalue weighted by Gasteiger charge is -2.17. The van der Waals surface area contributed by atoms with Crippen molar-refractivity contribution in [3.05, 3.63) is 50.9 Å². The van der Waals surface area contributed by atoms with Crippen LogP contribution in [0.3, 0.4) is 0 Å². The van der Waals surface area contributed by atoms with Crippen molar-refractivity contribution in [1.82, 2.24) is 10.3 Å². The Bertz CT molecular complexity index is 496. The van der Waals surface area contributed by atoms with E-state index in [2.05, 4.69) is 29.4 Å². The lowest BCUT2D eigenvalue weighted by molar-refractivity contribution is 0.638. The highest BCUT2D eigenvalue weighted by molar-refractivity contribution is 7.16. The Hall–Kier alpha value is -0.900. The second-order valence-electron chi connectivity index (χ2n) is 3.86. The van der Waals surface area contributed by atoms with E-state index in [1.54, 1.807) is 11.3 Å². The van der Waals surface area contributed by atoms with Crippen molar-refractivity contribution in [3.8, 4) is 0 Å². The van der Waals surface area contributed by atoms with Gasteiger partial charge in [0.05, 0.1) is 10.4 Å². The van der Waals surface area contributed by atoms with Crippen LogP contribution in [-0.4, -0.2) is 11.5 Å². The standard InChI is InChI=1S/C13H15ClN2S/c1-3-15-13(11-4-5-12(14)17-11)10-6-7-16-9(2)8-10/h4-8,13,15H,3H2,1-2H3. The van der Waals surface area contributed by atoms with E-state index in [4.69, 9.17) is 11.6 Å². The number of hydrogen-bond acceptors (Lipinski definition) is 3. The maximum absolute atomic E-state index is 6.00. The minimum absolute atomic E-state index is 0.208. The Morgan fingerprint density at radius 1 is 1.41 bits per heavy atom. The summed E-state index contributed by atoms with van der Waals surface area (Å²) >= 11 is 7.62. The van der Waals surface area contributed by atoms with Crippen LogP contribution in [0.15, 0.2) is 30.5 Å². The van der Waals surface area contributed by atoms with Gasteiger partial charge in [-0.2, -0.15) is 0 Å². The maximum atomic E-state index is 6.00. The highest BCUT2D eigenvalue weighted by atomic mass is 35.5. The number of pyridine rings is 1. The van der Waals surface area contributed by atoms with Gasteiger partial charge in [-0.15, -0.1) is 11.3 Å². The van der Waals surface area contributed by atoms with Crippen LogP contribution in [0, 0.1) is 6.92 Å². The molecule has 0 aliphatic heterocycles. The summed E-state index contributed by atoms with van der Waals surface area (Å²) in [5.41, 5.74) is 2.27. The number of hydrogen-bond donors (Lipinski definition) is 1. The minimum atomic E-state index is 0.208. The molecule has 0 saturated heterocycles. The molecule has 4 heteroatoms. The van der Waals surface area contributed by atoms with E-state index in [1.807, 2.05) is 25.3 Å². The molecule has 0 amide bonds. The summed E-state index contributed by atoms with van der Waals surface area (Å²) < 4.78 is 0.827. The fraction of sp³-hybridized carbons (Fsp3) is 0.308. The van der Waals surface area contributed by atoms with E-state index in [1.165, 1.54) is 10.4 Å². The zero-order valence-corrected chi connectivity index (χ0v) is 11.5. The highest BCUT2D eigenvalue weighted by Crippen LogP contribution is 2.30. The normalized spacial score (nSPS) is 12.6. The molecule has 17 heavy (non-hydrogen) atoms. The van der Waals surface area contributed by atoms with Gasteiger partial charge in [-0.05, 0) is 43.3 Å². The number of aryl methyl sites for hydroxylation is 1. The molecule has 0 fully saturated rings. The Balaban J connectivity index is 2.35. The number of aromatic nitrogens is 1. The fourth-order valence-electron chi connectivity index (χ4n) is 1.82. The van der Waals surface area contributed by atoms with Gasteiger partial charge in [0, 0.05) is 16.8 Å². The second kappa shape index (κ2) is 5.63. The van der Waals surface area contributed by atoms with Crippen molar-refractivity contribution in [1.29, 1.82) is 0 Å². The topological polar surface area (TPSA) is 24.9 Å². The maximum Gasteiger partial charge on any atom is 0.0931 e. The molecule has 2 aromatic heterocycles. The number of halogens is 1. The van der Waals surface area contributed by atoms with E-state index in [-0.39, 0.29) is 6.04 Å². The van der Waals surface area contributed by atoms with Crippen LogP contribution in [-0.2, 0) is 0 Å². The molecule has 2 nitrogen and oxygen atoms in total. The molecule has 0 aliphatic carbocycles. The number of rotatable bonds is 4. The fourth-order valence-corrected chi connectivity index (χ4v) is 2.98. The average Bonchev–Trinajstić information content (AvgIpc) is 2.72. The Labute approximate surface area is 111 Å². The van der Waals surface area contributed by atoms with Crippen molar-refractivity contribution in [2.45, 2.75) is 19.9 Å². The van der Waals surface area contributed by atoms with E-state index in [0.29, 0.717) is 0 Å². The van der Waals surface area contributed by atoms with Gasteiger partial charge in [-0.3, -0.25) is 4.98 Å². The Morgan fingerprint density at radius 2 is 2.24 bits per heavy atom. The van der Waals surface area contributed by atoms with E-state index in [0.717, 1.165) is 16.6 Å². The molecule has 2 heterocycles. The Kier molecular flexibility index (Phi) is 4.15.